The van der Waals surface area contributed by atoms with Gasteiger partial charge in [-0.2, -0.15) is 0 Å². The molecule has 0 aliphatic rings. The zero-order chi connectivity index (χ0) is 11.3. The third-order valence-electron chi connectivity index (χ3n) is 2.29. The van der Waals surface area contributed by atoms with Crippen LogP contribution in [0.4, 0.5) is 10.1 Å². The van der Waals surface area contributed by atoms with Crippen molar-refractivity contribution in [1.29, 1.82) is 0 Å². The average molecular weight is 213 g/mol. The maximum atomic E-state index is 13.3. The fraction of sp³-hybridized carbons (Fsp3) is 0.455. The Kier molecular flexibility index (Phi) is 4.52. The lowest BCUT2D eigenvalue weighted by Gasteiger charge is -2.21. The van der Waals surface area contributed by atoms with Crippen molar-refractivity contribution in [2.45, 2.75) is 6.61 Å². The Labute approximate surface area is 89.1 Å². The topological polar surface area (TPSA) is 32.7 Å². The summed E-state index contributed by atoms with van der Waals surface area (Å²) in [7, 11) is 3.46. The summed E-state index contributed by atoms with van der Waals surface area (Å²) in [5.41, 5.74) is 1.03. The van der Waals surface area contributed by atoms with Crippen LogP contribution in [0.2, 0.25) is 0 Å². The quantitative estimate of drug-likeness (QED) is 0.802. The Hall–Kier alpha value is -1.13. The number of ether oxygens (including phenoxy) is 1. The summed E-state index contributed by atoms with van der Waals surface area (Å²) >= 11 is 0. The van der Waals surface area contributed by atoms with Crippen LogP contribution in [0.1, 0.15) is 5.56 Å². The molecule has 0 radical (unpaired) electrons. The number of hydrogen-bond acceptors (Lipinski definition) is 3. The zero-order valence-electron chi connectivity index (χ0n) is 9.03. The lowest BCUT2D eigenvalue weighted by atomic mass is 10.1. The third-order valence-corrected chi connectivity index (χ3v) is 2.29. The molecule has 0 fully saturated rings. The van der Waals surface area contributed by atoms with Gasteiger partial charge in [0.1, 0.15) is 5.82 Å². The number of benzene rings is 1. The zero-order valence-corrected chi connectivity index (χ0v) is 9.03. The molecule has 84 valence electrons. The van der Waals surface area contributed by atoms with Crippen molar-refractivity contribution in [3.63, 3.8) is 0 Å². The van der Waals surface area contributed by atoms with E-state index in [0.29, 0.717) is 24.4 Å². The number of likely N-dealkylation sites (N-methyl/N-ethyl adjacent to an activating group) is 1. The number of methoxy groups -OCH3 is 1. The van der Waals surface area contributed by atoms with Gasteiger partial charge in [0.2, 0.25) is 0 Å². The lowest BCUT2D eigenvalue weighted by Crippen LogP contribution is -2.23. The molecule has 0 amide bonds. The van der Waals surface area contributed by atoms with Gasteiger partial charge in [0.25, 0.3) is 0 Å². The van der Waals surface area contributed by atoms with Gasteiger partial charge in [-0.25, -0.2) is 4.39 Å². The number of anilines is 1. The van der Waals surface area contributed by atoms with E-state index >= 15 is 0 Å². The molecule has 0 saturated carbocycles. The highest BCUT2D eigenvalue weighted by atomic mass is 19.1. The van der Waals surface area contributed by atoms with E-state index in [0.717, 1.165) is 0 Å². The van der Waals surface area contributed by atoms with E-state index in [-0.39, 0.29) is 12.4 Å². The van der Waals surface area contributed by atoms with E-state index in [1.54, 1.807) is 19.2 Å². The fourth-order valence-corrected chi connectivity index (χ4v) is 1.41. The van der Waals surface area contributed by atoms with Crippen LogP contribution in [-0.4, -0.2) is 32.4 Å². The van der Waals surface area contributed by atoms with Crippen molar-refractivity contribution in [2.24, 2.45) is 0 Å². The minimum absolute atomic E-state index is 0.292. The van der Waals surface area contributed by atoms with E-state index in [2.05, 4.69) is 0 Å². The van der Waals surface area contributed by atoms with Gasteiger partial charge in [-0.1, -0.05) is 6.07 Å². The first kappa shape index (κ1) is 11.9. The Balaban J connectivity index is 2.87. The smallest absolute Gasteiger partial charge is 0.130 e. The van der Waals surface area contributed by atoms with E-state index in [4.69, 9.17) is 9.84 Å². The summed E-state index contributed by atoms with van der Waals surface area (Å²) in [6.45, 7) is 0.935. The molecule has 0 aliphatic heterocycles. The molecule has 15 heavy (non-hydrogen) atoms. The first-order valence-electron chi connectivity index (χ1n) is 4.79. The third kappa shape index (κ3) is 2.91. The molecule has 4 heteroatoms. The van der Waals surface area contributed by atoms with Crippen LogP contribution in [0.25, 0.3) is 0 Å². The van der Waals surface area contributed by atoms with Crippen molar-refractivity contribution in [1.82, 2.24) is 0 Å². The van der Waals surface area contributed by atoms with Crippen LogP contribution >= 0.6 is 0 Å². The molecule has 0 unspecified atom stereocenters. The molecule has 1 aromatic carbocycles. The normalized spacial score (nSPS) is 10.4. The van der Waals surface area contributed by atoms with Crippen LogP contribution in [0.5, 0.6) is 0 Å². The Bertz CT molecular complexity index is 317. The van der Waals surface area contributed by atoms with Gasteiger partial charge in [-0.15, -0.1) is 0 Å². The minimum Gasteiger partial charge on any atom is -0.391 e. The maximum absolute atomic E-state index is 13.3. The standard InChI is InChI=1S/C11H16FNO2/c1-13(6-7-15-2)11-5-3-4-10(12)9(11)8-14/h3-5,14H,6-8H2,1-2H3. The number of aliphatic hydroxyl groups excluding tert-OH is 1. The highest BCUT2D eigenvalue weighted by molar-refractivity contribution is 5.53. The van der Waals surface area contributed by atoms with Crippen molar-refractivity contribution in [2.75, 3.05) is 32.2 Å². The summed E-state index contributed by atoms with van der Waals surface area (Å²) in [4.78, 5) is 1.86. The molecule has 1 rings (SSSR count). The van der Waals surface area contributed by atoms with Gasteiger partial charge in [0, 0.05) is 32.0 Å². The van der Waals surface area contributed by atoms with Crippen LogP contribution in [0, 0.1) is 5.82 Å². The van der Waals surface area contributed by atoms with E-state index < -0.39 is 0 Å². The SMILES string of the molecule is COCCN(C)c1cccc(F)c1CO. The van der Waals surface area contributed by atoms with E-state index in [1.165, 1.54) is 6.07 Å². The summed E-state index contributed by atoms with van der Waals surface area (Å²) in [6.07, 6.45) is 0. The van der Waals surface area contributed by atoms with Gasteiger partial charge in [0.15, 0.2) is 0 Å². The van der Waals surface area contributed by atoms with Crippen molar-refractivity contribution in [3.8, 4) is 0 Å². The molecule has 0 bridgehead atoms. The number of rotatable bonds is 5. The van der Waals surface area contributed by atoms with Gasteiger partial charge >= 0.3 is 0 Å². The molecule has 1 aromatic rings. The van der Waals surface area contributed by atoms with Crippen LogP contribution in [0.15, 0.2) is 18.2 Å². The average Bonchev–Trinajstić information content (AvgIpc) is 2.25. The van der Waals surface area contributed by atoms with Crippen LogP contribution in [0.3, 0.4) is 0 Å². The van der Waals surface area contributed by atoms with E-state index in [1.807, 2.05) is 11.9 Å². The Morgan fingerprint density at radius 3 is 2.80 bits per heavy atom. The Morgan fingerprint density at radius 1 is 1.47 bits per heavy atom. The Morgan fingerprint density at radius 2 is 2.20 bits per heavy atom. The molecule has 0 atom stereocenters. The lowest BCUT2D eigenvalue weighted by molar-refractivity contribution is 0.206. The fourth-order valence-electron chi connectivity index (χ4n) is 1.41. The number of hydrogen-bond donors (Lipinski definition) is 1. The van der Waals surface area contributed by atoms with E-state index in [9.17, 15) is 4.39 Å². The molecular formula is C11H16FNO2. The van der Waals surface area contributed by atoms with Crippen LogP contribution < -0.4 is 4.90 Å². The predicted octanol–water partition coefficient (Wildman–Crippen LogP) is 1.40. The second kappa shape index (κ2) is 5.68. The first-order chi connectivity index (χ1) is 7.20. The molecule has 0 aliphatic carbocycles. The highest BCUT2D eigenvalue weighted by Gasteiger charge is 2.10. The van der Waals surface area contributed by atoms with Crippen molar-refractivity contribution < 1.29 is 14.2 Å². The van der Waals surface area contributed by atoms with Crippen molar-refractivity contribution >= 4 is 5.69 Å². The first-order valence-corrected chi connectivity index (χ1v) is 4.79. The second-order valence-electron chi connectivity index (χ2n) is 3.31. The molecule has 0 saturated heterocycles. The molecule has 3 nitrogen and oxygen atoms in total. The molecule has 0 heterocycles. The van der Waals surface area contributed by atoms with Crippen molar-refractivity contribution in [3.05, 3.63) is 29.6 Å². The molecule has 0 aromatic heterocycles. The van der Waals surface area contributed by atoms with Crippen LogP contribution in [-0.2, 0) is 11.3 Å². The van der Waals surface area contributed by atoms with Gasteiger partial charge < -0.3 is 14.7 Å². The predicted molar refractivity (Wildman–Crippen MR) is 57.5 cm³/mol. The molecular weight excluding hydrogens is 197 g/mol. The monoisotopic (exact) mass is 213 g/mol. The molecule has 1 N–H and O–H groups in total. The summed E-state index contributed by atoms with van der Waals surface area (Å²) in [6, 6.07) is 4.76. The summed E-state index contributed by atoms with van der Waals surface area (Å²) < 4.78 is 18.3. The van der Waals surface area contributed by atoms with Gasteiger partial charge in [-0.05, 0) is 12.1 Å². The second-order valence-corrected chi connectivity index (χ2v) is 3.31. The number of nitrogens with zero attached hydrogens (tertiary/aromatic N) is 1. The summed E-state index contributed by atoms with van der Waals surface area (Å²) in [5, 5.41) is 9.08. The minimum atomic E-state index is -0.376. The molecule has 0 spiro atoms. The number of halogens is 1. The number of aliphatic hydroxyl groups is 1. The summed E-state index contributed by atoms with van der Waals surface area (Å²) in [5.74, 6) is -0.376. The van der Waals surface area contributed by atoms with Gasteiger partial charge in [-0.3, -0.25) is 0 Å². The largest absolute Gasteiger partial charge is 0.391 e. The maximum Gasteiger partial charge on any atom is 0.130 e. The van der Waals surface area contributed by atoms with Gasteiger partial charge in [0.05, 0.1) is 13.2 Å². The highest BCUT2D eigenvalue weighted by Crippen LogP contribution is 2.21.